The lowest BCUT2D eigenvalue weighted by atomic mass is 9.88. The Hall–Kier alpha value is -18.4. The quantitative estimate of drug-likeness (QED) is 0.0357. The van der Waals surface area contributed by atoms with Gasteiger partial charge < -0.3 is 50.3 Å². The Bertz CT molecular complexity index is 7960. The second-order valence-electron chi connectivity index (χ2n) is 35.2. The zero-order valence-electron chi connectivity index (χ0n) is 75.0. The van der Waals surface area contributed by atoms with E-state index in [2.05, 4.69) is 79.1 Å². The van der Waals surface area contributed by atoms with E-state index in [1.54, 1.807) is 120 Å². The minimum Gasteiger partial charge on any atom is -0.497 e. The van der Waals surface area contributed by atoms with Crippen molar-refractivity contribution in [2.45, 2.75) is 55.3 Å². The lowest BCUT2D eigenvalue weighted by molar-refractivity contribution is -0.125. The van der Waals surface area contributed by atoms with Gasteiger partial charge in [0.1, 0.15) is 28.8 Å². The number of aryl methyl sites for hydroxylation is 2. The molecule has 5 aromatic heterocycles. The maximum Gasteiger partial charge on any atom is 0.322 e. The smallest absolute Gasteiger partial charge is 0.322 e. The molecule has 8 aliphatic heterocycles. The van der Waals surface area contributed by atoms with E-state index in [-0.39, 0.29) is 74.0 Å². The van der Waals surface area contributed by atoms with Gasteiger partial charge in [0.2, 0.25) is 0 Å². The Kier molecular flexibility index (Phi) is 21.8. The van der Waals surface area contributed by atoms with Crippen molar-refractivity contribution in [3.05, 3.63) is 352 Å². The summed E-state index contributed by atoms with van der Waals surface area (Å²) in [7, 11) is 4.98. The molecule has 13 heterocycles. The van der Waals surface area contributed by atoms with Gasteiger partial charge in [-0.2, -0.15) is 15.3 Å². The number of urea groups is 4. The fourth-order valence-corrected chi connectivity index (χ4v) is 19.5. The number of imidazole rings is 1. The lowest BCUT2D eigenvalue weighted by Crippen LogP contribution is -2.52. The van der Waals surface area contributed by atoms with Crippen molar-refractivity contribution in [3.63, 3.8) is 0 Å². The number of pyridine rings is 1. The molecular formula is C104H82F2N20O14. The number of hydrogen-bond donors (Lipinski definition) is 10. The van der Waals surface area contributed by atoms with Gasteiger partial charge in [0.15, 0.2) is 22.2 Å². The first-order chi connectivity index (χ1) is 67.6. The number of carbonyl (C=O) groups excluding carboxylic acids is 12. The molecule has 0 radical (unpaired) electrons. The molecule has 0 unspecified atom stereocenters. The third-order valence-corrected chi connectivity index (χ3v) is 26.9. The van der Waals surface area contributed by atoms with Crippen molar-refractivity contribution in [1.82, 2.24) is 102 Å². The van der Waals surface area contributed by atoms with Crippen LogP contribution in [0.5, 0.6) is 11.5 Å². The Balaban J connectivity index is 0.000000111. The molecule has 140 heavy (non-hydrogen) atoms. The maximum absolute atomic E-state index is 13.7. The second kappa shape index (κ2) is 34.5. The molecule has 11 aromatic carbocycles. The van der Waals surface area contributed by atoms with Crippen LogP contribution in [-0.2, 0) is 74.6 Å². The molecule has 16 aromatic rings. The number of carbonyl (C=O) groups is 12. The summed E-state index contributed by atoms with van der Waals surface area (Å²) in [5.74, 6) is -3.08. The molecule has 36 heteroatoms. The fourth-order valence-electron chi connectivity index (χ4n) is 19.5. The SMILES string of the molecule is COc1ccc2c(c1)C(=O)N(C[C@@]1(c3ccc(-c4ccc5n[nH]c(C)c5c4)cc3)NC(=O)NC1=O)C2.COc1ccc2c(c1)C(=O)N(C[C@@]1(c3ccc(-c4cnc5ccccn45)cc3)NC(=O)NC1=O)C2.Cn1ncc2cc(-c3ccc([C@]4(CN5Cc6ccc(F)cc6C5=O)NC(=O)NC4=O)cc3)ccc21.O=C1NC(=O)[C@](CN2Cc3ccc(F)cc3C2=O)(c2ccc(-c3ccc4[nH]ncc4c3)cc2)N1. The van der Waals surface area contributed by atoms with Crippen LogP contribution in [0.25, 0.3) is 83.0 Å². The molecule has 0 spiro atoms. The number of ether oxygens (including phenoxy) is 2. The normalized spacial score (nSPS) is 19.2. The zero-order chi connectivity index (χ0) is 97.0. The first-order valence-corrected chi connectivity index (χ1v) is 44.4. The molecule has 0 aliphatic carbocycles. The molecule has 8 aliphatic rings. The molecule has 16 amide bonds. The summed E-state index contributed by atoms with van der Waals surface area (Å²) in [5, 5.41) is 41.8. The number of benzene rings is 11. The van der Waals surface area contributed by atoms with Crippen LogP contribution in [0, 0.1) is 18.6 Å². The van der Waals surface area contributed by atoms with E-state index >= 15 is 0 Å². The van der Waals surface area contributed by atoms with E-state index in [0.29, 0.717) is 69.1 Å². The van der Waals surface area contributed by atoms with Gasteiger partial charge in [-0.3, -0.25) is 78.9 Å². The average Bonchev–Trinajstić information content (AvgIpc) is 1.61. The van der Waals surface area contributed by atoms with Crippen molar-refractivity contribution in [3.8, 4) is 56.1 Å². The zero-order valence-corrected chi connectivity index (χ0v) is 75.0. The highest BCUT2D eigenvalue weighted by Crippen LogP contribution is 2.41. The molecule has 4 atom stereocenters. The minimum absolute atomic E-state index is 0.0000772. The number of methoxy groups -OCH3 is 2. The summed E-state index contributed by atoms with van der Waals surface area (Å²) >= 11 is 0. The molecule has 24 rings (SSSR count). The Morgan fingerprint density at radius 3 is 1.19 bits per heavy atom. The summed E-state index contributed by atoms with van der Waals surface area (Å²) in [6.45, 7) is 2.93. The summed E-state index contributed by atoms with van der Waals surface area (Å²) in [6, 6.07) is 69.6. The van der Waals surface area contributed by atoms with Crippen LogP contribution < -0.4 is 52.0 Å². The number of fused-ring (bicyclic) bond motifs is 8. The number of H-pyrrole nitrogens is 2. The maximum atomic E-state index is 13.7. The van der Waals surface area contributed by atoms with E-state index in [0.717, 1.165) is 99.8 Å². The fraction of sp³-hybridized carbons (Fsp3) is 0.154. The first-order valence-electron chi connectivity index (χ1n) is 44.4. The van der Waals surface area contributed by atoms with E-state index in [1.165, 1.54) is 34.1 Å². The first kappa shape index (κ1) is 88.2. The molecule has 696 valence electrons. The molecule has 0 saturated carbocycles. The van der Waals surface area contributed by atoms with Crippen LogP contribution >= 0.6 is 0 Å². The Morgan fingerprint density at radius 1 is 0.379 bits per heavy atom. The number of halogens is 2. The third-order valence-electron chi connectivity index (χ3n) is 26.9. The van der Waals surface area contributed by atoms with Crippen LogP contribution in [0.4, 0.5) is 28.0 Å². The largest absolute Gasteiger partial charge is 0.497 e. The number of amides is 16. The second-order valence-corrected chi connectivity index (χ2v) is 35.2. The number of hydrogen-bond acceptors (Lipinski definition) is 18. The number of aromatic nitrogens is 8. The van der Waals surface area contributed by atoms with Crippen LogP contribution in [0.2, 0.25) is 0 Å². The van der Waals surface area contributed by atoms with E-state index in [4.69, 9.17) is 9.47 Å². The topological polar surface area (TPSA) is 425 Å². The molecule has 4 saturated heterocycles. The van der Waals surface area contributed by atoms with Crippen molar-refractivity contribution in [2.24, 2.45) is 7.05 Å². The number of rotatable bonds is 18. The molecule has 0 bridgehead atoms. The van der Waals surface area contributed by atoms with Gasteiger partial charge in [-0.25, -0.2) is 32.9 Å². The molecular weight excluding hydrogens is 1790 g/mol. The summed E-state index contributed by atoms with van der Waals surface area (Å²) in [5.41, 5.74) is 13.4. The van der Waals surface area contributed by atoms with Gasteiger partial charge >= 0.3 is 24.1 Å². The van der Waals surface area contributed by atoms with Gasteiger partial charge in [-0.1, -0.05) is 146 Å². The van der Waals surface area contributed by atoms with Crippen LogP contribution in [0.3, 0.4) is 0 Å². The highest BCUT2D eigenvalue weighted by atomic mass is 19.1. The van der Waals surface area contributed by atoms with E-state index in [1.807, 2.05) is 164 Å². The predicted molar refractivity (Wildman–Crippen MR) is 506 cm³/mol. The van der Waals surface area contributed by atoms with Gasteiger partial charge in [-0.05, 0) is 182 Å². The summed E-state index contributed by atoms with van der Waals surface area (Å²) in [6.07, 6.45) is 7.27. The Labute approximate surface area is 793 Å². The van der Waals surface area contributed by atoms with Crippen molar-refractivity contribution in [2.75, 3.05) is 40.4 Å². The molecule has 34 nitrogen and oxygen atoms in total. The minimum atomic E-state index is -1.46. The van der Waals surface area contributed by atoms with Gasteiger partial charge in [0.25, 0.3) is 47.3 Å². The van der Waals surface area contributed by atoms with Crippen molar-refractivity contribution < 1.29 is 75.8 Å². The standard InChI is InChI=1S/C27H23N5O4.C26H20FN5O3.C26H21N5O4.C25H18FN5O3/c1-15-21-11-17(6-10-23(21)31-30-15)16-3-7-19(8-4-16)27(25(34)28-26(35)29-27)14-32-13-18-5-9-20(36-2)12-22(18)24(32)33;1-31-22-9-5-16(10-18(22)12-28-31)15-2-6-19(7-3-15)26(24(34)29-25(35)30-26)14-32-13-17-4-8-20(27)11-21(17)23(32)33;1-35-19-10-7-17-14-30(23(32)20(17)12-19)15-26(24(33)28-25(34)29-26)18-8-5-16(6-9-18)21-13-27-22-4-2-3-11-31(21)22;26-19-7-3-16-12-31(22(32)20(16)10-19)13-25(23(33)28-24(34)29-25)18-5-1-14(2-6-18)15-4-8-21-17(9-15)11-27-30-21/h3-12H,13-14H2,1-2H3,(H,30,31)(H2,28,29,34,35);2-12H,13-14H2,1H3,(H2,29,30,34,35);2-13H,14-15H2,1H3,(H2,28,29,33,34);1-11H,12-13H2,(H,27,30)(H2,28,29,33,34)/t27-;2*26-;25-/m0000/s1. The summed E-state index contributed by atoms with van der Waals surface area (Å²) < 4.78 is 41.6. The summed E-state index contributed by atoms with van der Waals surface area (Å²) in [4.78, 5) is 164. The highest BCUT2D eigenvalue weighted by Gasteiger charge is 2.55. The molecule has 4 fully saturated rings. The van der Waals surface area contributed by atoms with Crippen LogP contribution in [0.1, 0.15) is 91.6 Å². The number of imide groups is 4. The number of aromatic amines is 2. The van der Waals surface area contributed by atoms with Gasteiger partial charge in [0, 0.05) is 89.1 Å². The van der Waals surface area contributed by atoms with E-state index in [9.17, 15) is 66.3 Å². The molecule has 10 N–H and O–H groups in total. The predicted octanol–water partition coefficient (Wildman–Crippen LogP) is 12.1. The third kappa shape index (κ3) is 15.6. The highest BCUT2D eigenvalue weighted by molar-refractivity contribution is 6.12. The van der Waals surface area contributed by atoms with Crippen LogP contribution in [0.15, 0.2) is 267 Å². The number of nitrogens with zero attached hydrogens (tertiary/aromatic N) is 10. The van der Waals surface area contributed by atoms with Crippen molar-refractivity contribution >= 4 is 110 Å². The average molecular weight is 1870 g/mol. The number of nitrogens with one attached hydrogen (secondary N) is 10. The van der Waals surface area contributed by atoms with Gasteiger partial charge in [0.05, 0.1) is 81.2 Å². The lowest BCUT2D eigenvalue weighted by Gasteiger charge is -2.31. The Morgan fingerprint density at radius 2 is 0.764 bits per heavy atom. The van der Waals surface area contributed by atoms with Gasteiger partial charge in [-0.15, -0.1) is 0 Å². The van der Waals surface area contributed by atoms with Crippen LogP contribution in [-0.4, -0.2) is 171 Å². The van der Waals surface area contributed by atoms with E-state index < -0.39 is 81.5 Å². The monoisotopic (exact) mass is 1870 g/mol. The van der Waals surface area contributed by atoms with Crippen molar-refractivity contribution in [1.29, 1.82) is 0 Å².